The largest absolute Gasteiger partial charge is 0.481 e. The summed E-state index contributed by atoms with van der Waals surface area (Å²) in [6, 6.07) is -0.331. The van der Waals surface area contributed by atoms with Gasteiger partial charge in [0.15, 0.2) is 0 Å². The summed E-state index contributed by atoms with van der Waals surface area (Å²) < 4.78 is 0. The number of hydrogen-bond donors (Lipinski definition) is 4. The molecule has 0 aromatic carbocycles. The van der Waals surface area contributed by atoms with Crippen molar-refractivity contribution in [1.29, 1.82) is 0 Å². The number of hydrogen-bond acceptors (Lipinski definition) is 3. The molecule has 4 atom stereocenters. The molecule has 1 amide bonds. The summed E-state index contributed by atoms with van der Waals surface area (Å²) in [6.45, 7) is 0. The Hall–Kier alpha value is -2.05. The summed E-state index contributed by atoms with van der Waals surface area (Å²) in [6.07, 6.45) is 4.05. The van der Waals surface area contributed by atoms with E-state index in [4.69, 9.17) is 0 Å². The van der Waals surface area contributed by atoms with Crippen molar-refractivity contribution in [2.75, 3.05) is 0 Å². The molecule has 0 radical (unpaired) electrons. The normalized spacial score (nSPS) is 32.4. The summed E-state index contributed by atoms with van der Waals surface area (Å²) in [4.78, 5) is 38.9. The predicted octanol–water partition coefficient (Wildman–Crippen LogP) is -0.0679. The molecule has 4 N–H and O–H groups in total. The number of carboxylic acid groups (broad SMARTS) is 1. The standard InChI is InChI=1S/C12H15N3O4/c16-10(7-4-13-12(19)14-7)15-9-6-2-1-5(3-6)8(9)11(17)18/h4-6,8-9H,1-3H2,(H,15,16)(H,17,18)(H2,13,14,19). The van der Waals surface area contributed by atoms with Gasteiger partial charge in [-0.1, -0.05) is 0 Å². The van der Waals surface area contributed by atoms with E-state index in [0.717, 1.165) is 19.3 Å². The van der Waals surface area contributed by atoms with Gasteiger partial charge in [0.25, 0.3) is 5.91 Å². The van der Waals surface area contributed by atoms with Crippen molar-refractivity contribution in [3.63, 3.8) is 0 Å². The number of carbonyl (C=O) groups excluding carboxylic acids is 1. The minimum absolute atomic E-state index is 0.136. The van der Waals surface area contributed by atoms with E-state index in [1.807, 2.05) is 0 Å². The maximum absolute atomic E-state index is 12.0. The molecule has 0 spiro atoms. The van der Waals surface area contributed by atoms with Crippen LogP contribution in [0.4, 0.5) is 0 Å². The third-order valence-electron chi connectivity index (χ3n) is 4.34. The molecule has 7 heteroatoms. The minimum atomic E-state index is -0.847. The number of rotatable bonds is 3. The van der Waals surface area contributed by atoms with Crippen LogP contribution in [-0.4, -0.2) is 33.0 Å². The molecule has 102 valence electrons. The molecule has 0 saturated heterocycles. The number of imidazole rings is 1. The van der Waals surface area contributed by atoms with Gasteiger partial charge in [-0.3, -0.25) is 9.59 Å². The van der Waals surface area contributed by atoms with Crippen molar-refractivity contribution in [3.8, 4) is 0 Å². The fraction of sp³-hybridized carbons (Fsp3) is 0.583. The number of aromatic amines is 2. The highest BCUT2D eigenvalue weighted by atomic mass is 16.4. The van der Waals surface area contributed by atoms with E-state index in [-0.39, 0.29) is 23.6 Å². The van der Waals surface area contributed by atoms with Crippen LogP contribution in [0.1, 0.15) is 29.8 Å². The third kappa shape index (κ3) is 1.94. The maximum atomic E-state index is 12.0. The average molecular weight is 265 g/mol. The number of aliphatic carboxylic acids is 1. The third-order valence-corrected chi connectivity index (χ3v) is 4.34. The smallest absolute Gasteiger partial charge is 0.323 e. The van der Waals surface area contributed by atoms with Gasteiger partial charge >= 0.3 is 11.7 Å². The van der Waals surface area contributed by atoms with Crippen molar-refractivity contribution >= 4 is 11.9 Å². The van der Waals surface area contributed by atoms with Crippen molar-refractivity contribution in [2.24, 2.45) is 17.8 Å². The highest BCUT2D eigenvalue weighted by Crippen LogP contribution is 2.48. The Labute approximate surface area is 108 Å². The van der Waals surface area contributed by atoms with E-state index in [9.17, 15) is 19.5 Å². The Balaban J connectivity index is 1.77. The second-order valence-electron chi connectivity index (χ2n) is 5.35. The number of carboxylic acids is 1. The molecule has 2 aliphatic rings. The molecule has 19 heavy (non-hydrogen) atoms. The van der Waals surface area contributed by atoms with Gasteiger partial charge in [-0.15, -0.1) is 0 Å². The molecule has 1 aromatic rings. The maximum Gasteiger partial charge on any atom is 0.323 e. The van der Waals surface area contributed by atoms with Crippen LogP contribution in [0.25, 0.3) is 0 Å². The van der Waals surface area contributed by atoms with Crippen molar-refractivity contribution in [2.45, 2.75) is 25.3 Å². The van der Waals surface area contributed by atoms with Crippen LogP contribution in [-0.2, 0) is 4.79 Å². The van der Waals surface area contributed by atoms with E-state index in [1.54, 1.807) is 0 Å². The fourth-order valence-electron chi connectivity index (χ4n) is 3.54. The molecular formula is C12H15N3O4. The van der Waals surface area contributed by atoms with E-state index < -0.39 is 23.5 Å². The first-order chi connectivity index (χ1) is 9.06. The van der Waals surface area contributed by atoms with Crippen LogP contribution in [0.5, 0.6) is 0 Å². The van der Waals surface area contributed by atoms with Gasteiger partial charge < -0.3 is 20.4 Å². The quantitative estimate of drug-likeness (QED) is 0.612. The highest BCUT2D eigenvalue weighted by molar-refractivity contribution is 5.92. The number of aromatic nitrogens is 2. The molecule has 2 fully saturated rings. The number of H-pyrrole nitrogens is 2. The van der Waals surface area contributed by atoms with Crippen molar-refractivity contribution in [1.82, 2.24) is 15.3 Å². The number of fused-ring (bicyclic) bond motifs is 2. The van der Waals surface area contributed by atoms with Crippen LogP contribution < -0.4 is 11.0 Å². The lowest BCUT2D eigenvalue weighted by molar-refractivity contribution is -0.144. The van der Waals surface area contributed by atoms with E-state index in [0.29, 0.717) is 0 Å². The molecule has 4 unspecified atom stereocenters. The molecule has 1 aromatic heterocycles. The van der Waals surface area contributed by atoms with Crippen LogP contribution in [0.15, 0.2) is 11.0 Å². The first-order valence-electron chi connectivity index (χ1n) is 6.37. The number of carbonyl (C=O) groups is 2. The summed E-state index contributed by atoms with van der Waals surface area (Å²) in [5, 5.41) is 12.0. The topological polar surface area (TPSA) is 115 Å². The Bertz CT molecular complexity index is 576. The molecule has 7 nitrogen and oxygen atoms in total. The molecule has 3 rings (SSSR count). The van der Waals surface area contributed by atoms with Gasteiger partial charge in [-0.05, 0) is 31.1 Å². The van der Waals surface area contributed by atoms with Crippen molar-refractivity contribution in [3.05, 3.63) is 22.4 Å². The van der Waals surface area contributed by atoms with Crippen LogP contribution in [0.2, 0.25) is 0 Å². The molecule has 2 aliphatic carbocycles. The Morgan fingerprint density at radius 3 is 2.68 bits per heavy atom. The van der Waals surface area contributed by atoms with Gasteiger partial charge in [0.2, 0.25) is 0 Å². The second kappa shape index (κ2) is 4.25. The zero-order valence-electron chi connectivity index (χ0n) is 10.2. The van der Waals surface area contributed by atoms with E-state index in [2.05, 4.69) is 15.3 Å². The lowest BCUT2D eigenvalue weighted by Crippen LogP contribution is -2.47. The van der Waals surface area contributed by atoms with Crippen LogP contribution >= 0.6 is 0 Å². The van der Waals surface area contributed by atoms with Crippen molar-refractivity contribution < 1.29 is 14.7 Å². The summed E-state index contributed by atoms with van der Waals surface area (Å²) in [5.74, 6) is -1.38. The average Bonchev–Trinajstić information content (AvgIpc) is 3.03. The molecule has 2 saturated carbocycles. The minimum Gasteiger partial charge on any atom is -0.481 e. The Kier molecular flexibility index (Phi) is 2.69. The zero-order chi connectivity index (χ0) is 13.6. The van der Waals surface area contributed by atoms with Gasteiger partial charge in [-0.25, -0.2) is 4.79 Å². The van der Waals surface area contributed by atoms with Gasteiger partial charge in [-0.2, -0.15) is 0 Å². The van der Waals surface area contributed by atoms with Gasteiger partial charge in [0.1, 0.15) is 5.69 Å². The highest BCUT2D eigenvalue weighted by Gasteiger charge is 2.51. The molecule has 0 aliphatic heterocycles. The predicted molar refractivity (Wildman–Crippen MR) is 64.6 cm³/mol. The lowest BCUT2D eigenvalue weighted by Gasteiger charge is -2.28. The second-order valence-corrected chi connectivity index (χ2v) is 5.35. The Morgan fingerprint density at radius 2 is 2.05 bits per heavy atom. The van der Waals surface area contributed by atoms with Gasteiger partial charge in [0, 0.05) is 12.2 Å². The number of amides is 1. The molecule has 1 heterocycles. The number of nitrogens with one attached hydrogen (secondary N) is 3. The van der Waals surface area contributed by atoms with Crippen LogP contribution in [0.3, 0.4) is 0 Å². The SMILES string of the molecule is O=C(NC1C2CCC(C2)C1C(=O)O)c1c[nH]c(=O)[nH]1. The fourth-order valence-corrected chi connectivity index (χ4v) is 3.54. The summed E-state index contributed by atoms with van der Waals surface area (Å²) in [5.41, 5.74) is -0.315. The lowest BCUT2D eigenvalue weighted by atomic mass is 9.84. The van der Waals surface area contributed by atoms with Crippen LogP contribution in [0, 0.1) is 17.8 Å². The summed E-state index contributed by atoms with van der Waals surface area (Å²) in [7, 11) is 0. The van der Waals surface area contributed by atoms with E-state index >= 15 is 0 Å². The van der Waals surface area contributed by atoms with Gasteiger partial charge in [0.05, 0.1) is 5.92 Å². The first kappa shape index (κ1) is 12.0. The monoisotopic (exact) mass is 265 g/mol. The molecular weight excluding hydrogens is 250 g/mol. The van der Waals surface area contributed by atoms with E-state index in [1.165, 1.54) is 6.20 Å². The zero-order valence-corrected chi connectivity index (χ0v) is 10.2. The molecule has 2 bridgehead atoms. The summed E-state index contributed by atoms with van der Waals surface area (Å²) >= 11 is 0. The Morgan fingerprint density at radius 1 is 1.32 bits per heavy atom. The first-order valence-corrected chi connectivity index (χ1v) is 6.37.